The SMILES string of the molecule is O=C1COc2ccc(Cl)cc2N1CCCCCBr. The van der Waals surface area contributed by atoms with E-state index < -0.39 is 0 Å². The largest absolute Gasteiger partial charge is 0.482 e. The van der Waals surface area contributed by atoms with E-state index in [0.717, 1.165) is 42.6 Å². The Kier molecular flexibility index (Phi) is 4.89. The minimum Gasteiger partial charge on any atom is -0.482 e. The Morgan fingerprint density at radius 2 is 2.17 bits per heavy atom. The van der Waals surface area contributed by atoms with Gasteiger partial charge in [-0.25, -0.2) is 0 Å². The normalized spacial score (nSPS) is 14.3. The molecule has 1 aliphatic heterocycles. The number of carbonyl (C=O) groups is 1. The van der Waals surface area contributed by atoms with Crippen LogP contribution in [0.5, 0.6) is 5.75 Å². The Morgan fingerprint density at radius 1 is 1.33 bits per heavy atom. The standard InChI is InChI=1S/C13H15BrClNO2/c14-6-2-1-3-7-16-11-8-10(15)4-5-12(11)18-9-13(16)17/h4-5,8H,1-3,6-7,9H2. The summed E-state index contributed by atoms with van der Waals surface area (Å²) >= 11 is 9.38. The van der Waals surface area contributed by atoms with Gasteiger partial charge >= 0.3 is 0 Å². The number of hydrogen-bond acceptors (Lipinski definition) is 2. The van der Waals surface area contributed by atoms with Crippen molar-refractivity contribution in [2.75, 3.05) is 23.4 Å². The van der Waals surface area contributed by atoms with Gasteiger partial charge in [-0.15, -0.1) is 0 Å². The van der Waals surface area contributed by atoms with Crippen LogP contribution in [0.15, 0.2) is 18.2 Å². The molecule has 1 amide bonds. The van der Waals surface area contributed by atoms with Crippen LogP contribution in [0, 0.1) is 0 Å². The monoisotopic (exact) mass is 331 g/mol. The van der Waals surface area contributed by atoms with Crippen LogP contribution >= 0.6 is 27.5 Å². The van der Waals surface area contributed by atoms with Crippen molar-refractivity contribution in [1.29, 1.82) is 0 Å². The molecule has 0 spiro atoms. The highest BCUT2D eigenvalue weighted by Gasteiger charge is 2.25. The molecule has 0 unspecified atom stereocenters. The van der Waals surface area contributed by atoms with E-state index in [1.165, 1.54) is 0 Å². The Labute approximate surface area is 120 Å². The van der Waals surface area contributed by atoms with Gasteiger partial charge < -0.3 is 9.64 Å². The molecule has 2 rings (SSSR count). The maximum Gasteiger partial charge on any atom is 0.265 e. The van der Waals surface area contributed by atoms with Gasteiger partial charge in [0.15, 0.2) is 6.61 Å². The van der Waals surface area contributed by atoms with E-state index >= 15 is 0 Å². The molecule has 0 atom stereocenters. The number of unbranched alkanes of at least 4 members (excludes halogenated alkanes) is 2. The van der Waals surface area contributed by atoms with Crippen molar-refractivity contribution in [3.63, 3.8) is 0 Å². The van der Waals surface area contributed by atoms with Gasteiger partial charge in [0.1, 0.15) is 5.75 Å². The summed E-state index contributed by atoms with van der Waals surface area (Å²) in [4.78, 5) is 13.7. The van der Waals surface area contributed by atoms with Crippen LogP contribution in [-0.2, 0) is 4.79 Å². The molecule has 0 bridgehead atoms. The first-order valence-corrected chi connectivity index (χ1v) is 7.51. The van der Waals surface area contributed by atoms with Gasteiger partial charge in [0.2, 0.25) is 0 Å². The molecule has 0 saturated carbocycles. The van der Waals surface area contributed by atoms with E-state index in [1.54, 1.807) is 17.0 Å². The molecule has 98 valence electrons. The summed E-state index contributed by atoms with van der Waals surface area (Å²) < 4.78 is 5.39. The molecule has 0 saturated heterocycles. The first-order valence-electron chi connectivity index (χ1n) is 6.01. The van der Waals surface area contributed by atoms with Crippen molar-refractivity contribution < 1.29 is 9.53 Å². The third-order valence-corrected chi connectivity index (χ3v) is 3.68. The van der Waals surface area contributed by atoms with Crippen molar-refractivity contribution >= 4 is 39.1 Å². The smallest absolute Gasteiger partial charge is 0.265 e. The fourth-order valence-corrected chi connectivity index (χ4v) is 2.52. The first kappa shape index (κ1) is 13.7. The number of amides is 1. The summed E-state index contributed by atoms with van der Waals surface area (Å²) in [6.07, 6.45) is 3.22. The molecular weight excluding hydrogens is 318 g/mol. The second-order valence-corrected chi connectivity index (χ2v) is 5.43. The second kappa shape index (κ2) is 6.43. The molecule has 1 aromatic carbocycles. The van der Waals surface area contributed by atoms with Gasteiger partial charge in [-0.2, -0.15) is 0 Å². The lowest BCUT2D eigenvalue weighted by atomic mass is 10.2. The number of fused-ring (bicyclic) bond motifs is 1. The van der Waals surface area contributed by atoms with Crippen molar-refractivity contribution in [3.05, 3.63) is 23.2 Å². The van der Waals surface area contributed by atoms with E-state index in [-0.39, 0.29) is 12.5 Å². The fraction of sp³-hybridized carbons (Fsp3) is 0.462. The van der Waals surface area contributed by atoms with Gasteiger partial charge in [-0.05, 0) is 31.0 Å². The van der Waals surface area contributed by atoms with Crippen LogP contribution in [0.2, 0.25) is 5.02 Å². The second-order valence-electron chi connectivity index (χ2n) is 4.20. The van der Waals surface area contributed by atoms with Crippen molar-refractivity contribution in [2.24, 2.45) is 0 Å². The third-order valence-electron chi connectivity index (χ3n) is 2.88. The van der Waals surface area contributed by atoms with Crippen molar-refractivity contribution in [1.82, 2.24) is 0 Å². The minimum absolute atomic E-state index is 0.00334. The number of carbonyl (C=O) groups excluding carboxylic acids is 1. The molecule has 0 fully saturated rings. The summed E-state index contributed by atoms with van der Waals surface area (Å²) in [5, 5.41) is 1.63. The minimum atomic E-state index is 0.00334. The Bertz CT molecular complexity index is 439. The lowest BCUT2D eigenvalue weighted by Gasteiger charge is -2.29. The van der Waals surface area contributed by atoms with Crippen LogP contribution < -0.4 is 9.64 Å². The summed E-state index contributed by atoms with van der Waals surface area (Å²) in [5.41, 5.74) is 0.789. The molecular formula is C13H15BrClNO2. The number of benzene rings is 1. The summed E-state index contributed by atoms with van der Waals surface area (Å²) in [5.74, 6) is 0.739. The van der Waals surface area contributed by atoms with Crippen molar-refractivity contribution in [3.8, 4) is 5.75 Å². The Balaban J connectivity index is 2.09. The highest BCUT2D eigenvalue weighted by molar-refractivity contribution is 9.09. The fourth-order valence-electron chi connectivity index (χ4n) is 1.96. The topological polar surface area (TPSA) is 29.5 Å². The number of alkyl halides is 1. The zero-order valence-corrected chi connectivity index (χ0v) is 12.3. The van der Waals surface area contributed by atoms with Crippen molar-refractivity contribution in [2.45, 2.75) is 19.3 Å². The lowest BCUT2D eigenvalue weighted by Crippen LogP contribution is -2.39. The van der Waals surface area contributed by atoms with Gasteiger partial charge in [0, 0.05) is 16.9 Å². The molecule has 1 aromatic rings. The molecule has 18 heavy (non-hydrogen) atoms. The van der Waals surface area contributed by atoms with Crippen LogP contribution in [0.25, 0.3) is 0 Å². The maximum atomic E-state index is 11.9. The number of anilines is 1. The number of halogens is 2. The average Bonchev–Trinajstić information content (AvgIpc) is 2.36. The molecule has 1 heterocycles. The molecule has 1 aliphatic rings. The van der Waals surface area contributed by atoms with Crippen LogP contribution in [-0.4, -0.2) is 24.4 Å². The highest BCUT2D eigenvalue weighted by atomic mass is 79.9. The molecule has 0 aromatic heterocycles. The number of nitrogens with zero attached hydrogens (tertiary/aromatic N) is 1. The molecule has 0 radical (unpaired) electrons. The maximum absolute atomic E-state index is 11.9. The zero-order chi connectivity index (χ0) is 13.0. The molecule has 0 aliphatic carbocycles. The van der Waals surface area contributed by atoms with Gasteiger partial charge in [0.05, 0.1) is 5.69 Å². The first-order chi connectivity index (χ1) is 8.72. The van der Waals surface area contributed by atoms with Crippen LogP contribution in [0.3, 0.4) is 0 Å². The van der Waals surface area contributed by atoms with Gasteiger partial charge in [0.25, 0.3) is 5.91 Å². The Hall–Kier alpha value is -0.740. The Morgan fingerprint density at radius 3 is 2.94 bits per heavy atom. The zero-order valence-electron chi connectivity index (χ0n) is 9.99. The van der Waals surface area contributed by atoms with Gasteiger partial charge in [-0.1, -0.05) is 34.0 Å². The lowest BCUT2D eigenvalue weighted by molar-refractivity contribution is -0.121. The quantitative estimate of drug-likeness (QED) is 0.609. The molecule has 0 N–H and O–H groups in total. The molecule has 5 heteroatoms. The number of rotatable bonds is 5. The van der Waals surface area contributed by atoms with E-state index in [9.17, 15) is 4.79 Å². The van der Waals surface area contributed by atoms with E-state index in [2.05, 4.69) is 15.9 Å². The van der Waals surface area contributed by atoms with Crippen LogP contribution in [0.1, 0.15) is 19.3 Å². The van der Waals surface area contributed by atoms with E-state index in [1.807, 2.05) is 6.07 Å². The third kappa shape index (κ3) is 3.18. The number of ether oxygens (including phenoxy) is 1. The summed E-state index contributed by atoms with van der Waals surface area (Å²) in [7, 11) is 0. The van der Waals surface area contributed by atoms with Gasteiger partial charge in [-0.3, -0.25) is 4.79 Å². The van der Waals surface area contributed by atoms with E-state index in [0.29, 0.717) is 5.02 Å². The summed E-state index contributed by atoms with van der Waals surface area (Å²) in [6.45, 7) is 0.843. The predicted molar refractivity (Wildman–Crippen MR) is 76.9 cm³/mol. The van der Waals surface area contributed by atoms with Crippen LogP contribution in [0.4, 0.5) is 5.69 Å². The number of hydrogen-bond donors (Lipinski definition) is 0. The highest BCUT2D eigenvalue weighted by Crippen LogP contribution is 2.34. The molecule has 3 nitrogen and oxygen atoms in total. The predicted octanol–water partition coefficient (Wildman–Crippen LogP) is 3.63. The van der Waals surface area contributed by atoms with E-state index in [4.69, 9.17) is 16.3 Å². The average molecular weight is 333 g/mol. The summed E-state index contributed by atoms with van der Waals surface area (Å²) in [6, 6.07) is 5.38.